The summed E-state index contributed by atoms with van der Waals surface area (Å²) in [6.07, 6.45) is 1.95. The van der Waals surface area contributed by atoms with E-state index in [4.69, 9.17) is 60.0 Å². The summed E-state index contributed by atoms with van der Waals surface area (Å²) in [4.78, 5) is 26.5. The highest BCUT2D eigenvalue weighted by Crippen LogP contribution is 2.34. The van der Waals surface area contributed by atoms with Crippen LogP contribution in [0.4, 0.5) is 17.7 Å². The van der Waals surface area contributed by atoms with Crippen molar-refractivity contribution >= 4 is 40.3 Å². The highest BCUT2D eigenvalue weighted by Gasteiger charge is 2.27. The summed E-state index contributed by atoms with van der Waals surface area (Å²) < 4.78 is 33.7. The predicted octanol–water partition coefficient (Wildman–Crippen LogP) is 3.47. The maximum Gasteiger partial charge on any atom is 0.246 e. The van der Waals surface area contributed by atoms with Gasteiger partial charge in [-0.05, 0) is 30.5 Å². The molecule has 1 saturated heterocycles. The van der Waals surface area contributed by atoms with Gasteiger partial charge in [-0.2, -0.15) is 9.97 Å². The summed E-state index contributed by atoms with van der Waals surface area (Å²) in [6.45, 7) is 6.03. The van der Waals surface area contributed by atoms with Gasteiger partial charge in [-0.1, -0.05) is 23.7 Å². The standard InChI is InChI=1S/C31H46ClN7O6/c1-40-17-13-38(14-18-41-2)30-34-27-26(28(35-30)37-11-9-25(44-5)10-12-37)33-31(39(15-19-42-3)16-20-43-4)36-29(27)45-22-23-7-6-8-24(32)21-23/h6-8,21,25H,9-20,22H2,1-5H3. The Bertz CT molecular complexity index is 1320. The minimum Gasteiger partial charge on any atom is -0.471 e. The lowest BCUT2D eigenvalue weighted by Crippen LogP contribution is -2.38. The van der Waals surface area contributed by atoms with Crippen LogP contribution in [0.2, 0.25) is 5.02 Å². The summed E-state index contributed by atoms with van der Waals surface area (Å²) in [6, 6.07) is 7.56. The monoisotopic (exact) mass is 647 g/mol. The molecule has 3 heterocycles. The third kappa shape index (κ3) is 9.71. The second kappa shape index (κ2) is 18.2. The topological polar surface area (TPSA) is 117 Å². The van der Waals surface area contributed by atoms with Gasteiger partial charge in [0.05, 0.1) is 32.5 Å². The molecule has 13 nitrogen and oxygen atoms in total. The number of benzene rings is 1. The zero-order chi connectivity index (χ0) is 32.0. The average Bonchev–Trinajstić information content (AvgIpc) is 3.07. The lowest BCUT2D eigenvalue weighted by Gasteiger charge is -2.33. The van der Waals surface area contributed by atoms with Gasteiger partial charge < -0.3 is 43.1 Å². The van der Waals surface area contributed by atoms with Gasteiger partial charge in [0.15, 0.2) is 11.3 Å². The van der Waals surface area contributed by atoms with E-state index in [0.29, 0.717) is 86.4 Å². The van der Waals surface area contributed by atoms with Gasteiger partial charge in [0.1, 0.15) is 12.1 Å². The number of fused-ring (bicyclic) bond motifs is 1. The quantitative estimate of drug-likeness (QED) is 0.189. The molecule has 248 valence electrons. The van der Waals surface area contributed by atoms with Gasteiger partial charge in [0.25, 0.3) is 0 Å². The van der Waals surface area contributed by atoms with Gasteiger partial charge in [-0.25, -0.2) is 9.97 Å². The Morgan fingerprint density at radius 2 is 1.31 bits per heavy atom. The first-order valence-electron chi connectivity index (χ1n) is 15.2. The average molecular weight is 648 g/mol. The van der Waals surface area contributed by atoms with E-state index in [1.54, 1.807) is 35.5 Å². The fourth-order valence-electron chi connectivity index (χ4n) is 5.07. The molecule has 0 N–H and O–H groups in total. The van der Waals surface area contributed by atoms with Gasteiger partial charge >= 0.3 is 0 Å². The molecular weight excluding hydrogens is 602 g/mol. The third-order valence-electron chi connectivity index (χ3n) is 7.64. The fourth-order valence-corrected chi connectivity index (χ4v) is 5.28. The van der Waals surface area contributed by atoms with E-state index in [0.717, 1.165) is 37.3 Å². The molecule has 0 bridgehead atoms. The fraction of sp³-hybridized carbons (Fsp3) is 0.613. The molecule has 0 atom stereocenters. The summed E-state index contributed by atoms with van der Waals surface area (Å²) in [5.74, 6) is 2.08. The van der Waals surface area contributed by atoms with E-state index in [1.807, 2.05) is 29.2 Å². The summed E-state index contributed by atoms with van der Waals surface area (Å²) >= 11 is 6.28. The molecule has 2 aromatic heterocycles. The predicted molar refractivity (Wildman–Crippen MR) is 175 cm³/mol. The van der Waals surface area contributed by atoms with Crippen molar-refractivity contribution in [1.82, 2.24) is 19.9 Å². The molecule has 1 aliphatic heterocycles. The van der Waals surface area contributed by atoms with E-state index >= 15 is 0 Å². The minimum atomic E-state index is 0.203. The lowest BCUT2D eigenvalue weighted by atomic mass is 10.1. The number of ether oxygens (including phenoxy) is 6. The van der Waals surface area contributed by atoms with Crippen molar-refractivity contribution in [3.05, 3.63) is 34.9 Å². The number of hydrogen-bond acceptors (Lipinski definition) is 13. The van der Waals surface area contributed by atoms with Crippen molar-refractivity contribution in [1.29, 1.82) is 0 Å². The van der Waals surface area contributed by atoms with Crippen LogP contribution < -0.4 is 19.4 Å². The highest BCUT2D eigenvalue weighted by atomic mass is 35.5. The van der Waals surface area contributed by atoms with Crippen molar-refractivity contribution < 1.29 is 28.4 Å². The zero-order valence-corrected chi connectivity index (χ0v) is 27.8. The Morgan fingerprint density at radius 1 is 0.756 bits per heavy atom. The van der Waals surface area contributed by atoms with Crippen LogP contribution in [0.1, 0.15) is 18.4 Å². The summed E-state index contributed by atoms with van der Waals surface area (Å²) in [5, 5.41) is 0.632. The van der Waals surface area contributed by atoms with Crippen LogP contribution in [0.25, 0.3) is 11.0 Å². The third-order valence-corrected chi connectivity index (χ3v) is 7.87. The Labute approximate surface area is 270 Å². The molecule has 4 rings (SSSR count). The van der Waals surface area contributed by atoms with Crippen molar-refractivity contribution in [3.8, 4) is 5.88 Å². The number of methoxy groups -OCH3 is 5. The molecule has 0 saturated carbocycles. The number of halogens is 1. The number of piperidine rings is 1. The molecule has 0 spiro atoms. The largest absolute Gasteiger partial charge is 0.471 e. The first-order chi connectivity index (χ1) is 22.0. The Morgan fingerprint density at radius 3 is 1.84 bits per heavy atom. The van der Waals surface area contributed by atoms with E-state index in [-0.39, 0.29) is 12.7 Å². The highest BCUT2D eigenvalue weighted by molar-refractivity contribution is 6.30. The van der Waals surface area contributed by atoms with E-state index in [1.165, 1.54) is 0 Å². The van der Waals surface area contributed by atoms with Crippen LogP contribution in [0, 0.1) is 0 Å². The van der Waals surface area contributed by atoms with Gasteiger partial charge in [0, 0.05) is 79.8 Å². The Hall–Kier alpha value is -3.07. The molecule has 0 unspecified atom stereocenters. The number of aromatic nitrogens is 4. The van der Waals surface area contributed by atoms with Crippen molar-refractivity contribution in [2.45, 2.75) is 25.6 Å². The first-order valence-corrected chi connectivity index (χ1v) is 15.6. The number of nitrogens with zero attached hydrogens (tertiary/aromatic N) is 7. The second-order valence-corrected chi connectivity index (χ2v) is 11.1. The number of anilines is 3. The molecule has 3 aromatic rings. The van der Waals surface area contributed by atoms with E-state index in [9.17, 15) is 0 Å². The molecule has 0 amide bonds. The maximum atomic E-state index is 6.44. The molecule has 1 aromatic carbocycles. The summed E-state index contributed by atoms with van der Waals surface area (Å²) in [5.41, 5.74) is 2.04. The van der Waals surface area contributed by atoms with Crippen LogP contribution in [0.5, 0.6) is 5.88 Å². The number of rotatable bonds is 19. The van der Waals surface area contributed by atoms with Crippen LogP contribution in [-0.2, 0) is 30.3 Å². The normalized spacial score (nSPS) is 13.9. The lowest BCUT2D eigenvalue weighted by molar-refractivity contribution is 0.0818. The van der Waals surface area contributed by atoms with Crippen LogP contribution >= 0.6 is 11.6 Å². The Balaban J connectivity index is 1.89. The second-order valence-electron chi connectivity index (χ2n) is 10.7. The van der Waals surface area contributed by atoms with Gasteiger partial charge in [-0.3, -0.25) is 0 Å². The van der Waals surface area contributed by atoms with Crippen molar-refractivity contribution in [2.24, 2.45) is 0 Å². The molecule has 0 radical (unpaired) electrons. The van der Waals surface area contributed by atoms with Crippen LogP contribution in [0.15, 0.2) is 24.3 Å². The molecule has 45 heavy (non-hydrogen) atoms. The molecular formula is C31H46ClN7O6. The van der Waals surface area contributed by atoms with Gasteiger partial charge in [-0.15, -0.1) is 0 Å². The van der Waals surface area contributed by atoms with Crippen LogP contribution in [0.3, 0.4) is 0 Å². The minimum absolute atomic E-state index is 0.203. The smallest absolute Gasteiger partial charge is 0.246 e. The molecule has 0 aliphatic carbocycles. The van der Waals surface area contributed by atoms with Crippen molar-refractivity contribution in [2.75, 3.05) is 116 Å². The van der Waals surface area contributed by atoms with Crippen molar-refractivity contribution in [3.63, 3.8) is 0 Å². The molecule has 14 heteroatoms. The molecule has 1 aliphatic rings. The van der Waals surface area contributed by atoms with E-state index < -0.39 is 0 Å². The van der Waals surface area contributed by atoms with Gasteiger partial charge in [0.2, 0.25) is 17.8 Å². The SMILES string of the molecule is COCCN(CCOC)c1nc(N2CCC(OC)CC2)c2nc(N(CCOC)CCOC)nc(OCc3cccc(Cl)c3)c2n1. The maximum absolute atomic E-state index is 6.44. The van der Waals surface area contributed by atoms with Crippen LogP contribution in [-0.4, -0.2) is 127 Å². The molecule has 1 fully saturated rings. The first kappa shape index (κ1) is 34.8. The number of hydrogen-bond donors (Lipinski definition) is 0. The van der Waals surface area contributed by atoms with E-state index in [2.05, 4.69) is 9.80 Å². The Kier molecular flexibility index (Phi) is 14.0. The zero-order valence-electron chi connectivity index (χ0n) is 27.0. The summed E-state index contributed by atoms with van der Waals surface area (Å²) in [7, 11) is 8.46.